The number of hydrogen-bond donors (Lipinski definition) is 1. The molecule has 0 aromatic carbocycles. The molecule has 5 rings (SSSR count). The number of nitrogens with one attached hydrogen (secondary N) is 1. The van der Waals surface area contributed by atoms with E-state index in [4.69, 9.17) is 5.26 Å². The molecule has 2 bridgehead atoms. The van der Waals surface area contributed by atoms with Crippen molar-refractivity contribution < 1.29 is 0 Å². The fourth-order valence-electron chi connectivity index (χ4n) is 4.82. The molecule has 6 nitrogen and oxygen atoms in total. The first-order valence-corrected chi connectivity index (χ1v) is 8.76. The fourth-order valence-corrected chi connectivity index (χ4v) is 4.82. The largest absolute Gasteiger partial charge is 0.346 e. The summed E-state index contributed by atoms with van der Waals surface area (Å²) in [5.41, 5.74) is 3.11. The van der Waals surface area contributed by atoms with E-state index in [2.05, 4.69) is 36.6 Å². The summed E-state index contributed by atoms with van der Waals surface area (Å²) in [7, 11) is 0. The standard InChI is InChI=1S/C18H20N6/c19-5-1-7-23-12-2-3-13(23)9-14(8-12)24-11-22-16-10-21-18-15(17(16)24)4-6-20-18/h4,6,10-14H,1-3,7-9H2,(H,20,21)/t12-,13+,14-. The molecule has 0 amide bonds. The molecule has 0 aliphatic carbocycles. The van der Waals surface area contributed by atoms with Crippen LogP contribution in [0.3, 0.4) is 0 Å². The highest BCUT2D eigenvalue weighted by Gasteiger charge is 2.41. The van der Waals surface area contributed by atoms with Crippen LogP contribution in [0.15, 0.2) is 24.8 Å². The van der Waals surface area contributed by atoms with Crippen LogP contribution in [-0.4, -0.2) is 43.0 Å². The first kappa shape index (κ1) is 14.0. The van der Waals surface area contributed by atoms with Gasteiger partial charge in [-0.25, -0.2) is 9.97 Å². The van der Waals surface area contributed by atoms with Crippen LogP contribution >= 0.6 is 0 Å². The molecular formula is C18H20N6. The van der Waals surface area contributed by atoms with E-state index in [1.807, 2.05) is 18.7 Å². The monoisotopic (exact) mass is 320 g/mol. The third-order valence-electron chi connectivity index (χ3n) is 5.85. The van der Waals surface area contributed by atoms with Gasteiger partial charge in [-0.1, -0.05) is 0 Å². The number of fused-ring (bicyclic) bond motifs is 5. The lowest BCUT2D eigenvalue weighted by molar-refractivity contribution is 0.111. The van der Waals surface area contributed by atoms with Gasteiger partial charge in [0.2, 0.25) is 0 Å². The van der Waals surface area contributed by atoms with Crippen LogP contribution in [0.2, 0.25) is 0 Å². The van der Waals surface area contributed by atoms with E-state index in [0.717, 1.165) is 35.9 Å². The summed E-state index contributed by atoms with van der Waals surface area (Å²) < 4.78 is 2.38. The summed E-state index contributed by atoms with van der Waals surface area (Å²) in [6, 6.07) is 6.11. The minimum atomic E-state index is 0.492. The van der Waals surface area contributed by atoms with Crippen LogP contribution in [0.25, 0.3) is 22.1 Å². The van der Waals surface area contributed by atoms with Crippen LogP contribution in [0.4, 0.5) is 0 Å². The summed E-state index contributed by atoms with van der Waals surface area (Å²) in [4.78, 5) is 14.8. The van der Waals surface area contributed by atoms with Crippen LogP contribution in [0.1, 0.15) is 38.1 Å². The highest BCUT2D eigenvalue weighted by molar-refractivity contribution is 6.00. The van der Waals surface area contributed by atoms with E-state index in [-0.39, 0.29) is 0 Å². The Balaban J connectivity index is 1.51. The fraction of sp³-hybridized carbons (Fsp3) is 0.500. The number of imidazole rings is 1. The Bertz CT molecular complexity index is 918. The Hall–Kier alpha value is -2.39. The normalized spacial score (nSPS) is 27.0. The van der Waals surface area contributed by atoms with Crippen LogP contribution in [0, 0.1) is 11.3 Å². The molecule has 3 aromatic rings. The van der Waals surface area contributed by atoms with Gasteiger partial charge in [0.15, 0.2) is 0 Å². The minimum Gasteiger partial charge on any atom is -0.346 e. The molecule has 2 fully saturated rings. The molecule has 0 spiro atoms. The van der Waals surface area contributed by atoms with E-state index in [0.29, 0.717) is 24.5 Å². The zero-order chi connectivity index (χ0) is 16.1. The second kappa shape index (κ2) is 5.32. The third-order valence-corrected chi connectivity index (χ3v) is 5.85. The SMILES string of the molecule is N#CCCN1[C@@H]2CC[C@H]1C[C@H](n1cnc3cnc4[nH]ccc4c31)C2. The molecule has 0 saturated carbocycles. The number of H-pyrrole nitrogens is 1. The van der Waals surface area contributed by atoms with Gasteiger partial charge in [0, 0.05) is 42.7 Å². The summed E-state index contributed by atoms with van der Waals surface area (Å²) in [6.07, 6.45) is 11.3. The van der Waals surface area contributed by atoms with Gasteiger partial charge in [-0.05, 0) is 31.7 Å². The van der Waals surface area contributed by atoms with Crippen molar-refractivity contribution in [3.63, 3.8) is 0 Å². The molecule has 6 heteroatoms. The van der Waals surface area contributed by atoms with Crippen molar-refractivity contribution in [1.29, 1.82) is 5.26 Å². The number of rotatable bonds is 3. The topological polar surface area (TPSA) is 73.5 Å². The van der Waals surface area contributed by atoms with E-state index < -0.39 is 0 Å². The molecule has 0 radical (unpaired) electrons. The quantitative estimate of drug-likeness (QED) is 0.805. The molecule has 1 N–H and O–H groups in total. The molecule has 0 unspecified atom stereocenters. The summed E-state index contributed by atoms with van der Waals surface area (Å²) >= 11 is 0. The number of pyridine rings is 1. The first-order chi connectivity index (χ1) is 11.8. The van der Waals surface area contributed by atoms with Gasteiger partial charge < -0.3 is 9.55 Å². The summed E-state index contributed by atoms with van der Waals surface area (Å²) in [6.45, 7) is 0.926. The maximum atomic E-state index is 8.89. The Morgan fingerprint density at radius 3 is 2.83 bits per heavy atom. The van der Waals surface area contributed by atoms with Crippen LogP contribution < -0.4 is 0 Å². The van der Waals surface area contributed by atoms with Gasteiger partial charge in [0.25, 0.3) is 0 Å². The molecule has 2 saturated heterocycles. The average molecular weight is 320 g/mol. The molecule has 2 aliphatic rings. The highest BCUT2D eigenvalue weighted by atomic mass is 15.2. The van der Waals surface area contributed by atoms with E-state index in [1.54, 1.807) is 0 Å². The van der Waals surface area contributed by atoms with Crippen molar-refractivity contribution in [2.24, 2.45) is 0 Å². The predicted molar refractivity (Wildman–Crippen MR) is 91.4 cm³/mol. The molecule has 2 aliphatic heterocycles. The molecule has 3 atom stereocenters. The van der Waals surface area contributed by atoms with Crippen molar-refractivity contribution in [1.82, 2.24) is 24.4 Å². The number of piperidine rings is 1. The molecule has 3 aromatic heterocycles. The van der Waals surface area contributed by atoms with E-state index in [1.165, 1.54) is 18.4 Å². The Morgan fingerprint density at radius 2 is 2.04 bits per heavy atom. The van der Waals surface area contributed by atoms with Crippen molar-refractivity contribution >= 4 is 22.1 Å². The van der Waals surface area contributed by atoms with Gasteiger partial charge >= 0.3 is 0 Å². The lowest BCUT2D eigenvalue weighted by Gasteiger charge is -2.39. The summed E-state index contributed by atoms with van der Waals surface area (Å²) in [5, 5.41) is 10.0. The summed E-state index contributed by atoms with van der Waals surface area (Å²) in [5.74, 6) is 0. The number of hydrogen-bond acceptors (Lipinski definition) is 4. The highest BCUT2D eigenvalue weighted by Crippen LogP contribution is 2.42. The number of nitriles is 1. The second-order valence-electron chi connectivity index (χ2n) is 7.04. The molecule has 122 valence electrons. The zero-order valence-corrected chi connectivity index (χ0v) is 13.5. The van der Waals surface area contributed by atoms with Gasteiger partial charge in [-0.3, -0.25) is 4.90 Å². The smallest absolute Gasteiger partial charge is 0.139 e. The number of aromatic amines is 1. The van der Waals surface area contributed by atoms with E-state index >= 15 is 0 Å². The predicted octanol–water partition coefficient (Wildman–Crippen LogP) is 2.99. The van der Waals surface area contributed by atoms with Crippen molar-refractivity contribution in [3.05, 3.63) is 24.8 Å². The van der Waals surface area contributed by atoms with Crippen LogP contribution in [0.5, 0.6) is 0 Å². The van der Waals surface area contributed by atoms with Crippen molar-refractivity contribution in [3.8, 4) is 6.07 Å². The maximum Gasteiger partial charge on any atom is 0.139 e. The number of nitrogens with zero attached hydrogens (tertiary/aromatic N) is 5. The minimum absolute atomic E-state index is 0.492. The Morgan fingerprint density at radius 1 is 1.21 bits per heavy atom. The second-order valence-corrected chi connectivity index (χ2v) is 7.04. The van der Waals surface area contributed by atoms with Gasteiger partial charge in [0.1, 0.15) is 11.2 Å². The van der Waals surface area contributed by atoms with Crippen molar-refractivity contribution in [2.45, 2.75) is 50.2 Å². The van der Waals surface area contributed by atoms with Gasteiger partial charge in [-0.2, -0.15) is 5.26 Å². The average Bonchev–Trinajstić information content (AvgIpc) is 3.28. The molecule has 5 heterocycles. The first-order valence-electron chi connectivity index (χ1n) is 8.76. The van der Waals surface area contributed by atoms with Gasteiger partial charge in [-0.15, -0.1) is 0 Å². The Kier molecular flexibility index (Phi) is 3.10. The zero-order valence-electron chi connectivity index (χ0n) is 13.5. The Labute approximate surface area is 140 Å². The molecule has 24 heavy (non-hydrogen) atoms. The molecular weight excluding hydrogens is 300 g/mol. The van der Waals surface area contributed by atoms with E-state index in [9.17, 15) is 0 Å². The van der Waals surface area contributed by atoms with Crippen molar-refractivity contribution in [2.75, 3.05) is 6.54 Å². The van der Waals surface area contributed by atoms with Crippen LogP contribution in [-0.2, 0) is 0 Å². The lowest BCUT2D eigenvalue weighted by atomic mass is 9.96. The van der Waals surface area contributed by atoms with Gasteiger partial charge in [0.05, 0.1) is 24.1 Å². The number of aromatic nitrogens is 4. The maximum absolute atomic E-state index is 8.89. The third kappa shape index (κ3) is 1.98. The lowest BCUT2D eigenvalue weighted by Crippen LogP contribution is -2.43.